The summed E-state index contributed by atoms with van der Waals surface area (Å²) in [6, 6.07) is 0. The third kappa shape index (κ3) is 7.72. The van der Waals surface area contributed by atoms with Crippen molar-refractivity contribution in [1.82, 2.24) is 4.90 Å². The van der Waals surface area contributed by atoms with Gasteiger partial charge in [-0.25, -0.2) is 4.90 Å². The van der Waals surface area contributed by atoms with Gasteiger partial charge in [0.2, 0.25) is 0 Å². The third-order valence-electron chi connectivity index (χ3n) is 0.774. The van der Waals surface area contributed by atoms with Gasteiger partial charge in [0.25, 0.3) is 5.09 Å². The van der Waals surface area contributed by atoms with E-state index in [0.29, 0.717) is 4.90 Å². The van der Waals surface area contributed by atoms with E-state index < -0.39 is 22.7 Å². The number of aliphatic hydroxyl groups excluding tert-OH is 3. The van der Waals surface area contributed by atoms with Crippen LogP contribution in [0, 0.1) is 10.1 Å². The monoisotopic (exact) mass is 206 g/mol. The van der Waals surface area contributed by atoms with Gasteiger partial charge in [0.05, 0.1) is 0 Å². The van der Waals surface area contributed by atoms with Gasteiger partial charge in [0.1, 0.15) is 0 Å². The number of hydrogen-bond donors (Lipinski definition) is 4. The largest absolute Gasteiger partial charge is 0.494 e. The van der Waals surface area contributed by atoms with Crippen LogP contribution in [0.1, 0.15) is 0 Å². The summed E-state index contributed by atoms with van der Waals surface area (Å²) in [4.78, 5) is 8.94. The van der Waals surface area contributed by atoms with Gasteiger partial charge in [0, 0.05) is 0 Å². The Morgan fingerprint density at radius 1 is 1.07 bits per heavy atom. The minimum atomic E-state index is -1.50. The summed E-state index contributed by atoms with van der Waals surface area (Å²) in [7, 11) is 0. The van der Waals surface area contributed by atoms with Crippen LogP contribution < -0.4 is 0 Å². The molecule has 0 unspecified atom stereocenters. The number of nitrogens with zero attached hydrogens (tertiary/aromatic N) is 2. The van der Waals surface area contributed by atoms with E-state index in [1.807, 2.05) is 0 Å². The van der Waals surface area contributed by atoms with Crippen molar-refractivity contribution in [3.8, 4) is 0 Å². The first-order chi connectivity index (χ1) is 6.20. The molecule has 0 aliphatic carbocycles. The van der Waals surface area contributed by atoms with Crippen molar-refractivity contribution < 1.29 is 25.6 Å². The molecule has 0 atom stereocenters. The van der Waals surface area contributed by atoms with Crippen molar-refractivity contribution in [3.63, 3.8) is 0 Å². The molecule has 0 aromatic rings. The molecule has 0 aliphatic rings. The van der Waals surface area contributed by atoms with E-state index in [9.17, 15) is 0 Å². The van der Waals surface area contributed by atoms with Crippen LogP contribution in [0.5, 0.6) is 0 Å². The van der Waals surface area contributed by atoms with Crippen LogP contribution in [0.3, 0.4) is 0 Å². The van der Waals surface area contributed by atoms with Gasteiger partial charge in [-0.2, -0.15) is 0 Å². The third-order valence-corrected chi connectivity index (χ3v) is 0.774. The van der Waals surface area contributed by atoms with E-state index in [1.165, 1.54) is 0 Å². The lowest BCUT2D eigenvalue weighted by atomic mass is 10.6. The minimum absolute atomic E-state index is 0.542. The Morgan fingerprint density at radius 3 is 1.21 bits per heavy atom. The summed E-state index contributed by atoms with van der Waals surface area (Å²) in [6.45, 7) is 9.11. The maximum absolute atomic E-state index is 8.64. The molecule has 0 saturated heterocycles. The number of hydrogen-bond acceptors (Lipinski definition) is 6. The normalized spacial score (nSPS) is 7.71. The summed E-state index contributed by atoms with van der Waals surface area (Å²) in [5, 5.41) is 39.6. The fourth-order valence-electron chi connectivity index (χ4n) is 0.447. The van der Waals surface area contributed by atoms with Crippen molar-refractivity contribution in [1.29, 1.82) is 0 Å². The highest BCUT2D eigenvalue weighted by atomic mass is 16.9. The molecule has 0 aromatic carbocycles. The van der Waals surface area contributed by atoms with Crippen molar-refractivity contribution in [2.75, 3.05) is 0 Å². The zero-order valence-corrected chi connectivity index (χ0v) is 7.12. The standard InChI is InChI=1S/C6H9NO3.HNO3/c1-4(8)7(5(2)9)6(3)10;2-1(3)4/h8-10H,1-3H2;(H,2,3,4). The lowest BCUT2D eigenvalue weighted by Gasteiger charge is -2.17. The summed E-state index contributed by atoms with van der Waals surface area (Å²) in [5.74, 6) is -1.62. The fraction of sp³-hybridized carbons (Fsp3) is 0. The summed E-state index contributed by atoms with van der Waals surface area (Å²) in [6.07, 6.45) is 0. The molecule has 0 spiro atoms. The topological polar surface area (TPSA) is 127 Å². The summed E-state index contributed by atoms with van der Waals surface area (Å²) < 4.78 is 0. The predicted molar refractivity (Wildman–Crippen MR) is 45.9 cm³/mol. The zero-order chi connectivity index (χ0) is 11.9. The molecule has 0 amide bonds. The van der Waals surface area contributed by atoms with Crippen LogP contribution >= 0.6 is 0 Å². The quantitative estimate of drug-likeness (QED) is 0.308. The van der Waals surface area contributed by atoms with Gasteiger partial charge in [-0.05, 0) is 19.7 Å². The highest BCUT2D eigenvalue weighted by Crippen LogP contribution is 2.09. The zero-order valence-electron chi connectivity index (χ0n) is 7.12. The molecule has 0 saturated carbocycles. The van der Waals surface area contributed by atoms with Gasteiger partial charge in [-0.3, -0.25) is 0 Å². The molecule has 0 aliphatic heterocycles. The van der Waals surface area contributed by atoms with Gasteiger partial charge >= 0.3 is 0 Å². The Balaban J connectivity index is 0. The lowest BCUT2D eigenvalue weighted by molar-refractivity contribution is -0.742. The number of rotatable bonds is 3. The molecule has 0 rings (SSSR count). The molecule has 0 fully saturated rings. The Morgan fingerprint density at radius 2 is 1.21 bits per heavy atom. The van der Waals surface area contributed by atoms with Gasteiger partial charge in [0.15, 0.2) is 17.6 Å². The van der Waals surface area contributed by atoms with Gasteiger partial charge in [-0.15, -0.1) is 10.1 Å². The Labute approximate surface area is 79.0 Å². The van der Waals surface area contributed by atoms with Crippen LogP contribution in [0.2, 0.25) is 0 Å². The average molecular weight is 206 g/mol. The summed E-state index contributed by atoms with van der Waals surface area (Å²) in [5.41, 5.74) is 0. The SMILES string of the molecule is C=C(O)N(C(=C)O)C(=C)O.O=[N+]([O-])O. The molecular formula is C6H10N2O6. The van der Waals surface area contributed by atoms with E-state index in [1.54, 1.807) is 0 Å². The molecule has 0 bridgehead atoms. The first kappa shape index (κ1) is 14.2. The van der Waals surface area contributed by atoms with E-state index in [0.717, 1.165) is 0 Å². The molecule has 0 radical (unpaired) electrons. The molecular weight excluding hydrogens is 196 g/mol. The van der Waals surface area contributed by atoms with Crippen molar-refractivity contribution in [2.24, 2.45) is 0 Å². The Hall–Kier alpha value is -2.38. The van der Waals surface area contributed by atoms with Crippen LogP contribution in [-0.2, 0) is 0 Å². The van der Waals surface area contributed by atoms with Crippen LogP contribution in [0.4, 0.5) is 0 Å². The van der Waals surface area contributed by atoms with Gasteiger partial charge in [-0.1, -0.05) is 0 Å². The van der Waals surface area contributed by atoms with Gasteiger partial charge < -0.3 is 20.5 Å². The second kappa shape index (κ2) is 6.17. The van der Waals surface area contributed by atoms with Crippen LogP contribution in [0.15, 0.2) is 37.4 Å². The lowest BCUT2D eigenvalue weighted by Crippen LogP contribution is -2.19. The molecule has 8 heteroatoms. The first-order valence-corrected chi connectivity index (χ1v) is 2.97. The maximum atomic E-state index is 8.64. The second-order valence-corrected chi connectivity index (χ2v) is 1.82. The highest BCUT2D eigenvalue weighted by Gasteiger charge is 2.11. The van der Waals surface area contributed by atoms with Crippen LogP contribution in [-0.4, -0.2) is 30.5 Å². The van der Waals surface area contributed by atoms with E-state index >= 15 is 0 Å². The highest BCUT2D eigenvalue weighted by molar-refractivity contribution is 5.03. The fourth-order valence-corrected chi connectivity index (χ4v) is 0.447. The first-order valence-electron chi connectivity index (χ1n) is 2.97. The smallest absolute Gasteiger partial charge is 0.291 e. The van der Waals surface area contributed by atoms with Crippen molar-refractivity contribution in [2.45, 2.75) is 0 Å². The van der Waals surface area contributed by atoms with E-state index in [-0.39, 0.29) is 0 Å². The Bertz CT molecular complexity index is 224. The average Bonchev–Trinajstić information content (AvgIpc) is 1.80. The van der Waals surface area contributed by atoms with E-state index in [2.05, 4.69) is 19.7 Å². The van der Waals surface area contributed by atoms with Crippen molar-refractivity contribution >= 4 is 0 Å². The van der Waals surface area contributed by atoms with Crippen LogP contribution in [0.25, 0.3) is 0 Å². The minimum Gasteiger partial charge on any atom is -0.494 e. The molecule has 14 heavy (non-hydrogen) atoms. The molecule has 0 heterocycles. The predicted octanol–water partition coefficient (Wildman–Crippen LogP) is 1.03. The Kier molecular flexibility index (Phi) is 6.24. The molecule has 4 N–H and O–H groups in total. The maximum Gasteiger partial charge on any atom is 0.291 e. The van der Waals surface area contributed by atoms with E-state index in [4.69, 9.17) is 30.6 Å². The van der Waals surface area contributed by atoms with Crippen molar-refractivity contribution in [3.05, 3.63) is 47.5 Å². The molecule has 80 valence electrons. The number of aliphatic hydroxyl groups is 3. The molecule has 8 nitrogen and oxygen atoms in total. The second-order valence-electron chi connectivity index (χ2n) is 1.82. The molecule has 0 aromatic heterocycles. The summed E-state index contributed by atoms with van der Waals surface area (Å²) >= 11 is 0.